The molecule has 0 bridgehead atoms. The molecule has 6 heteroatoms. The Hall–Kier alpha value is -1.53. The first-order valence-electron chi connectivity index (χ1n) is 6.31. The largest absolute Gasteiger partial charge is 0.480 e. The van der Waals surface area contributed by atoms with Crippen LogP contribution in [0.3, 0.4) is 0 Å². The third-order valence-electron chi connectivity index (χ3n) is 2.73. The summed E-state index contributed by atoms with van der Waals surface area (Å²) in [5, 5.41) is 14.4. The van der Waals surface area contributed by atoms with Gasteiger partial charge in [0.15, 0.2) is 0 Å². The van der Waals surface area contributed by atoms with E-state index in [2.05, 4.69) is 39.7 Å². The standard InChI is InChI=1S/C13H18N4OS/c1-4-7-14-9(2)11-8-19-13(15-11)10-5-6-12(18-3)17-16-10/h5-6,8-9,14H,4,7H2,1-3H3. The van der Waals surface area contributed by atoms with Gasteiger partial charge in [-0.25, -0.2) is 4.98 Å². The maximum atomic E-state index is 4.99. The number of rotatable bonds is 6. The van der Waals surface area contributed by atoms with E-state index in [-0.39, 0.29) is 6.04 Å². The molecule has 1 N–H and O–H groups in total. The Kier molecular flexibility index (Phi) is 4.81. The highest BCUT2D eigenvalue weighted by Crippen LogP contribution is 2.24. The second-order valence-corrected chi connectivity index (χ2v) is 5.07. The van der Waals surface area contributed by atoms with Crippen LogP contribution in [-0.4, -0.2) is 28.8 Å². The van der Waals surface area contributed by atoms with Crippen molar-refractivity contribution < 1.29 is 4.74 Å². The van der Waals surface area contributed by atoms with Gasteiger partial charge in [0.1, 0.15) is 10.7 Å². The van der Waals surface area contributed by atoms with Crippen molar-refractivity contribution in [2.45, 2.75) is 26.3 Å². The summed E-state index contributed by atoms with van der Waals surface area (Å²) in [6.07, 6.45) is 1.12. The SMILES string of the molecule is CCCNC(C)c1csc(-c2ccc(OC)nn2)n1. The molecule has 0 spiro atoms. The molecule has 102 valence electrons. The lowest BCUT2D eigenvalue weighted by atomic mass is 10.2. The molecule has 0 aliphatic rings. The van der Waals surface area contributed by atoms with Crippen LogP contribution in [0.4, 0.5) is 0 Å². The molecule has 1 atom stereocenters. The molecule has 0 aliphatic heterocycles. The van der Waals surface area contributed by atoms with E-state index in [1.165, 1.54) is 0 Å². The first kappa shape index (κ1) is 13.9. The molecule has 5 nitrogen and oxygen atoms in total. The van der Waals surface area contributed by atoms with Gasteiger partial charge in [-0.05, 0) is 26.0 Å². The van der Waals surface area contributed by atoms with Crippen molar-refractivity contribution in [1.29, 1.82) is 0 Å². The molecule has 1 unspecified atom stereocenters. The lowest BCUT2D eigenvalue weighted by molar-refractivity contribution is 0.392. The van der Waals surface area contributed by atoms with Crippen LogP contribution in [0.2, 0.25) is 0 Å². The summed E-state index contributed by atoms with van der Waals surface area (Å²) in [5.41, 5.74) is 1.82. The molecule has 19 heavy (non-hydrogen) atoms. The van der Waals surface area contributed by atoms with Crippen LogP contribution in [0.1, 0.15) is 32.0 Å². The molecule has 2 heterocycles. The molecule has 0 saturated heterocycles. The second-order valence-electron chi connectivity index (χ2n) is 4.21. The number of hydrogen-bond donors (Lipinski definition) is 1. The maximum Gasteiger partial charge on any atom is 0.233 e. The fourth-order valence-electron chi connectivity index (χ4n) is 1.61. The highest BCUT2D eigenvalue weighted by Gasteiger charge is 2.11. The van der Waals surface area contributed by atoms with E-state index in [9.17, 15) is 0 Å². The minimum absolute atomic E-state index is 0.260. The fraction of sp³-hybridized carbons (Fsp3) is 0.462. The molecule has 0 amide bonds. The van der Waals surface area contributed by atoms with Crippen molar-refractivity contribution in [2.24, 2.45) is 0 Å². The third-order valence-corrected chi connectivity index (χ3v) is 3.62. The van der Waals surface area contributed by atoms with E-state index in [1.807, 2.05) is 6.07 Å². The topological polar surface area (TPSA) is 59.9 Å². The summed E-state index contributed by atoms with van der Waals surface area (Å²) in [5.74, 6) is 0.513. The first-order valence-corrected chi connectivity index (χ1v) is 7.19. The van der Waals surface area contributed by atoms with Gasteiger partial charge < -0.3 is 10.1 Å². The van der Waals surface area contributed by atoms with Crippen LogP contribution in [0.5, 0.6) is 5.88 Å². The predicted molar refractivity (Wildman–Crippen MR) is 76.4 cm³/mol. The van der Waals surface area contributed by atoms with Crippen molar-refractivity contribution >= 4 is 11.3 Å². The average Bonchev–Trinajstić information content (AvgIpc) is 2.94. The van der Waals surface area contributed by atoms with Gasteiger partial charge in [0.25, 0.3) is 0 Å². The summed E-state index contributed by atoms with van der Waals surface area (Å²) in [7, 11) is 1.58. The van der Waals surface area contributed by atoms with Gasteiger partial charge in [-0.2, -0.15) is 0 Å². The van der Waals surface area contributed by atoms with Crippen LogP contribution in [-0.2, 0) is 0 Å². The normalized spacial score (nSPS) is 12.4. The monoisotopic (exact) mass is 278 g/mol. The van der Waals surface area contributed by atoms with E-state index in [0.717, 1.165) is 29.4 Å². The number of aromatic nitrogens is 3. The Morgan fingerprint density at radius 3 is 2.84 bits per heavy atom. The molecular formula is C13H18N4OS. The summed E-state index contributed by atoms with van der Waals surface area (Å²) >= 11 is 1.58. The molecule has 0 saturated carbocycles. The van der Waals surface area contributed by atoms with E-state index in [0.29, 0.717) is 5.88 Å². The van der Waals surface area contributed by atoms with Crippen molar-refractivity contribution in [2.75, 3.05) is 13.7 Å². The maximum absolute atomic E-state index is 4.99. The Labute approximate surface area is 117 Å². The number of methoxy groups -OCH3 is 1. The molecule has 0 aliphatic carbocycles. The van der Waals surface area contributed by atoms with Gasteiger partial charge in [0.05, 0.1) is 12.8 Å². The molecule has 0 aromatic carbocycles. The van der Waals surface area contributed by atoms with Crippen molar-refractivity contribution in [1.82, 2.24) is 20.5 Å². The van der Waals surface area contributed by atoms with E-state index in [1.54, 1.807) is 24.5 Å². The minimum Gasteiger partial charge on any atom is -0.480 e. The molecule has 0 radical (unpaired) electrons. The Bertz CT molecular complexity index is 512. The van der Waals surface area contributed by atoms with E-state index >= 15 is 0 Å². The highest BCUT2D eigenvalue weighted by molar-refractivity contribution is 7.13. The van der Waals surface area contributed by atoms with Crippen LogP contribution in [0.15, 0.2) is 17.5 Å². The van der Waals surface area contributed by atoms with Gasteiger partial charge in [-0.1, -0.05) is 6.92 Å². The van der Waals surface area contributed by atoms with E-state index in [4.69, 9.17) is 4.74 Å². The van der Waals surface area contributed by atoms with Crippen molar-refractivity contribution in [3.63, 3.8) is 0 Å². The predicted octanol–water partition coefficient (Wildman–Crippen LogP) is 2.67. The van der Waals surface area contributed by atoms with Gasteiger partial charge in [0.2, 0.25) is 5.88 Å². The molecule has 0 fully saturated rings. The van der Waals surface area contributed by atoms with Crippen molar-refractivity contribution in [3.8, 4) is 16.6 Å². The number of hydrogen-bond acceptors (Lipinski definition) is 6. The van der Waals surface area contributed by atoms with Crippen LogP contribution in [0.25, 0.3) is 10.7 Å². The zero-order valence-electron chi connectivity index (χ0n) is 11.4. The van der Waals surface area contributed by atoms with E-state index < -0.39 is 0 Å². The van der Waals surface area contributed by atoms with Gasteiger partial charge in [-0.3, -0.25) is 0 Å². The number of ether oxygens (including phenoxy) is 1. The van der Waals surface area contributed by atoms with Gasteiger partial charge in [-0.15, -0.1) is 21.5 Å². The first-order chi connectivity index (χ1) is 9.24. The Morgan fingerprint density at radius 2 is 2.21 bits per heavy atom. The van der Waals surface area contributed by atoms with Crippen LogP contribution < -0.4 is 10.1 Å². The molecule has 2 rings (SSSR count). The smallest absolute Gasteiger partial charge is 0.233 e. The summed E-state index contributed by atoms with van der Waals surface area (Å²) < 4.78 is 4.99. The Balaban J connectivity index is 2.11. The zero-order valence-corrected chi connectivity index (χ0v) is 12.2. The quantitative estimate of drug-likeness (QED) is 0.880. The average molecular weight is 278 g/mol. The summed E-state index contributed by atoms with van der Waals surface area (Å²) in [4.78, 5) is 4.60. The number of thiazole rings is 1. The summed E-state index contributed by atoms with van der Waals surface area (Å²) in [6.45, 7) is 5.27. The molecule has 2 aromatic heterocycles. The highest BCUT2D eigenvalue weighted by atomic mass is 32.1. The molecule has 2 aromatic rings. The fourth-order valence-corrected chi connectivity index (χ4v) is 2.49. The molecular weight excluding hydrogens is 260 g/mol. The van der Waals surface area contributed by atoms with Crippen LogP contribution in [0, 0.1) is 0 Å². The number of nitrogens with one attached hydrogen (secondary N) is 1. The Morgan fingerprint density at radius 1 is 1.37 bits per heavy atom. The lowest BCUT2D eigenvalue weighted by Crippen LogP contribution is -2.19. The number of nitrogens with zero attached hydrogens (tertiary/aromatic N) is 3. The lowest BCUT2D eigenvalue weighted by Gasteiger charge is -2.09. The van der Waals surface area contributed by atoms with Gasteiger partial charge in [0, 0.05) is 17.5 Å². The zero-order chi connectivity index (χ0) is 13.7. The van der Waals surface area contributed by atoms with Gasteiger partial charge >= 0.3 is 0 Å². The van der Waals surface area contributed by atoms with Crippen LogP contribution >= 0.6 is 11.3 Å². The third kappa shape index (κ3) is 3.48. The minimum atomic E-state index is 0.260. The second kappa shape index (κ2) is 6.58. The summed E-state index contributed by atoms with van der Waals surface area (Å²) in [6, 6.07) is 3.93. The van der Waals surface area contributed by atoms with Crippen molar-refractivity contribution in [3.05, 3.63) is 23.2 Å².